The molecule has 1 aliphatic rings. The maximum absolute atomic E-state index is 9.43. The summed E-state index contributed by atoms with van der Waals surface area (Å²) in [5.41, 5.74) is 0.571. The first-order valence-electron chi connectivity index (χ1n) is 4.09. The fourth-order valence-electron chi connectivity index (χ4n) is 1.46. The summed E-state index contributed by atoms with van der Waals surface area (Å²) in [6.45, 7) is 0.580. The van der Waals surface area contributed by atoms with Crippen molar-refractivity contribution in [2.45, 2.75) is 12.8 Å². The van der Waals surface area contributed by atoms with Gasteiger partial charge in [0.25, 0.3) is 0 Å². The van der Waals surface area contributed by atoms with E-state index in [1.807, 2.05) is 0 Å². The van der Waals surface area contributed by atoms with Crippen molar-refractivity contribution in [3.63, 3.8) is 0 Å². The van der Waals surface area contributed by atoms with Gasteiger partial charge in [-0.05, 0) is 12.8 Å². The first-order valence-corrected chi connectivity index (χ1v) is 4.09. The Morgan fingerprint density at radius 2 is 1.92 bits per heavy atom. The molecule has 2 rings (SSSR count). The number of benzene rings is 1. The Balaban J connectivity index is 2.60. The van der Waals surface area contributed by atoms with Crippen LogP contribution in [0.2, 0.25) is 0 Å². The molecular formula is C9H10O4. The molecule has 3 N–H and O–H groups in total. The van der Waals surface area contributed by atoms with Crippen LogP contribution in [0.4, 0.5) is 0 Å². The van der Waals surface area contributed by atoms with E-state index in [1.54, 1.807) is 0 Å². The second-order valence-corrected chi connectivity index (χ2v) is 3.02. The lowest BCUT2D eigenvalue weighted by atomic mass is 10.0. The highest BCUT2D eigenvalue weighted by Crippen LogP contribution is 2.44. The van der Waals surface area contributed by atoms with E-state index < -0.39 is 5.75 Å². The van der Waals surface area contributed by atoms with Gasteiger partial charge in [-0.3, -0.25) is 0 Å². The minimum Gasteiger partial charge on any atom is -0.504 e. The lowest BCUT2D eigenvalue weighted by molar-refractivity contribution is 0.276. The van der Waals surface area contributed by atoms with E-state index in [0.29, 0.717) is 24.3 Å². The molecule has 1 heterocycles. The average Bonchev–Trinajstić information content (AvgIpc) is 2.15. The fourth-order valence-corrected chi connectivity index (χ4v) is 1.46. The van der Waals surface area contributed by atoms with Gasteiger partial charge in [0.05, 0.1) is 6.61 Å². The molecule has 4 heteroatoms. The zero-order valence-electron chi connectivity index (χ0n) is 6.95. The van der Waals surface area contributed by atoms with E-state index in [0.717, 1.165) is 6.42 Å². The van der Waals surface area contributed by atoms with E-state index in [1.165, 1.54) is 6.07 Å². The van der Waals surface area contributed by atoms with E-state index in [9.17, 15) is 10.2 Å². The molecule has 0 atom stereocenters. The first kappa shape index (κ1) is 8.04. The predicted molar refractivity (Wildman–Crippen MR) is 45.3 cm³/mol. The average molecular weight is 182 g/mol. The van der Waals surface area contributed by atoms with Crippen LogP contribution in [0.1, 0.15) is 12.0 Å². The van der Waals surface area contributed by atoms with E-state index in [-0.39, 0.29) is 11.5 Å². The van der Waals surface area contributed by atoms with Crippen LogP contribution in [-0.2, 0) is 6.42 Å². The largest absolute Gasteiger partial charge is 0.504 e. The number of ether oxygens (including phenoxy) is 1. The maximum Gasteiger partial charge on any atom is 0.200 e. The van der Waals surface area contributed by atoms with Gasteiger partial charge in [0.2, 0.25) is 5.75 Å². The van der Waals surface area contributed by atoms with Gasteiger partial charge in [-0.1, -0.05) is 0 Å². The number of hydrogen-bond donors (Lipinski definition) is 3. The molecule has 0 spiro atoms. The lowest BCUT2D eigenvalue weighted by Crippen LogP contribution is -2.08. The van der Waals surface area contributed by atoms with Crippen LogP contribution in [0.3, 0.4) is 0 Å². The monoisotopic (exact) mass is 182 g/mol. The molecular weight excluding hydrogens is 172 g/mol. The number of rotatable bonds is 0. The van der Waals surface area contributed by atoms with Crippen molar-refractivity contribution >= 4 is 0 Å². The summed E-state index contributed by atoms with van der Waals surface area (Å²) in [6.07, 6.45) is 1.47. The minimum atomic E-state index is -0.468. The molecule has 13 heavy (non-hydrogen) atoms. The van der Waals surface area contributed by atoms with Crippen molar-refractivity contribution in [1.82, 2.24) is 0 Å². The standard InChI is InChI=1S/C9H10O4/c10-6-4-7-5(2-1-3-13-7)8(11)9(6)12/h4,10-12H,1-3H2. The van der Waals surface area contributed by atoms with Gasteiger partial charge < -0.3 is 20.1 Å². The third kappa shape index (κ3) is 1.14. The zero-order valence-corrected chi connectivity index (χ0v) is 6.95. The highest BCUT2D eigenvalue weighted by molar-refractivity contribution is 5.60. The normalized spacial score (nSPS) is 14.8. The second-order valence-electron chi connectivity index (χ2n) is 3.02. The molecule has 0 unspecified atom stereocenters. The highest BCUT2D eigenvalue weighted by atomic mass is 16.5. The van der Waals surface area contributed by atoms with Gasteiger partial charge in [0, 0.05) is 11.6 Å². The molecule has 4 nitrogen and oxygen atoms in total. The summed E-state index contributed by atoms with van der Waals surface area (Å²) in [6, 6.07) is 1.32. The van der Waals surface area contributed by atoms with Gasteiger partial charge in [0.1, 0.15) is 5.75 Å². The van der Waals surface area contributed by atoms with E-state index in [2.05, 4.69) is 0 Å². The highest BCUT2D eigenvalue weighted by Gasteiger charge is 2.20. The van der Waals surface area contributed by atoms with Gasteiger partial charge in [-0.25, -0.2) is 0 Å². The van der Waals surface area contributed by atoms with Crippen molar-refractivity contribution < 1.29 is 20.1 Å². The lowest BCUT2D eigenvalue weighted by Gasteiger charge is -2.18. The van der Waals surface area contributed by atoms with Gasteiger partial charge >= 0.3 is 0 Å². The molecule has 0 radical (unpaired) electrons. The van der Waals surface area contributed by atoms with Crippen molar-refractivity contribution in [3.8, 4) is 23.0 Å². The molecule has 0 saturated carbocycles. The maximum atomic E-state index is 9.43. The van der Waals surface area contributed by atoms with Crippen molar-refractivity contribution in [1.29, 1.82) is 0 Å². The summed E-state index contributed by atoms with van der Waals surface area (Å²) >= 11 is 0. The Morgan fingerprint density at radius 1 is 1.15 bits per heavy atom. The fraction of sp³-hybridized carbons (Fsp3) is 0.333. The Hall–Kier alpha value is -1.58. The topological polar surface area (TPSA) is 69.9 Å². The van der Waals surface area contributed by atoms with Crippen LogP contribution in [0.15, 0.2) is 6.07 Å². The van der Waals surface area contributed by atoms with Crippen molar-refractivity contribution in [3.05, 3.63) is 11.6 Å². The molecule has 0 amide bonds. The molecule has 1 aliphatic heterocycles. The summed E-state index contributed by atoms with van der Waals surface area (Å²) in [4.78, 5) is 0. The first-order chi connectivity index (χ1) is 6.20. The van der Waals surface area contributed by atoms with Crippen molar-refractivity contribution in [2.24, 2.45) is 0 Å². The SMILES string of the molecule is Oc1cc2c(c(O)c1O)CCCO2. The van der Waals surface area contributed by atoms with E-state index in [4.69, 9.17) is 9.84 Å². The summed E-state index contributed by atoms with van der Waals surface area (Å²) in [5.74, 6) is -0.629. The minimum absolute atomic E-state index is 0.269. The third-order valence-electron chi connectivity index (χ3n) is 2.15. The molecule has 0 aromatic heterocycles. The number of aromatic hydroxyl groups is 3. The van der Waals surface area contributed by atoms with Crippen LogP contribution in [0.5, 0.6) is 23.0 Å². The van der Waals surface area contributed by atoms with Crippen LogP contribution >= 0.6 is 0 Å². The molecule has 0 fully saturated rings. The number of phenolic OH excluding ortho intramolecular Hbond substituents is 3. The Morgan fingerprint density at radius 3 is 2.69 bits per heavy atom. The second kappa shape index (κ2) is 2.73. The van der Waals surface area contributed by atoms with Gasteiger partial charge in [-0.15, -0.1) is 0 Å². The number of fused-ring (bicyclic) bond motifs is 1. The van der Waals surface area contributed by atoms with Crippen LogP contribution in [-0.4, -0.2) is 21.9 Å². The van der Waals surface area contributed by atoms with Crippen molar-refractivity contribution in [2.75, 3.05) is 6.61 Å². The third-order valence-corrected chi connectivity index (χ3v) is 2.15. The number of phenols is 3. The van der Waals surface area contributed by atoms with Gasteiger partial charge in [-0.2, -0.15) is 0 Å². The Kier molecular flexibility index (Phi) is 1.69. The molecule has 1 aromatic carbocycles. The predicted octanol–water partition coefficient (Wildman–Crippen LogP) is 1.13. The molecule has 0 bridgehead atoms. The van der Waals surface area contributed by atoms with Crippen LogP contribution in [0.25, 0.3) is 0 Å². The number of hydrogen-bond acceptors (Lipinski definition) is 4. The Labute approximate surface area is 75.0 Å². The van der Waals surface area contributed by atoms with Gasteiger partial charge in [0.15, 0.2) is 11.5 Å². The van der Waals surface area contributed by atoms with Crippen LogP contribution < -0.4 is 4.74 Å². The Bertz CT molecular complexity index is 346. The quantitative estimate of drug-likeness (QED) is 0.526. The zero-order chi connectivity index (χ0) is 9.42. The smallest absolute Gasteiger partial charge is 0.200 e. The molecule has 0 saturated heterocycles. The summed E-state index contributed by atoms with van der Waals surface area (Å²) < 4.78 is 5.21. The molecule has 0 aliphatic carbocycles. The molecule has 1 aromatic rings. The van der Waals surface area contributed by atoms with E-state index >= 15 is 0 Å². The summed E-state index contributed by atoms with van der Waals surface area (Å²) in [7, 11) is 0. The van der Waals surface area contributed by atoms with Crippen LogP contribution in [0, 0.1) is 0 Å². The molecule has 70 valence electrons. The summed E-state index contributed by atoms with van der Waals surface area (Å²) in [5, 5.41) is 27.8.